The van der Waals surface area contributed by atoms with E-state index in [9.17, 15) is 5.11 Å². The topological polar surface area (TPSA) is 20.2 Å². The minimum absolute atomic E-state index is 0.126. The molecular formula is C8H13ClO. The van der Waals surface area contributed by atoms with Gasteiger partial charge in [-0.25, -0.2) is 0 Å². The molecule has 1 fully saturated rings. The van der Waals surface area contributed by atoms with Crippen LogP contribution in [0, 0.1) is 0 Å². The zero-order valence-electron chi connectivity index (χ0n) is 6.02. The lowest BCUT2D eigenvalue weighted by molar-refractivity contribution is 0.0560. The highest BCUT2D eigenvalue weighted by Gasteiger charge is 2.34. The first-order valence-electron chi connectivity index (χ1n) is 3.69. The average molecular weight is 161 g/mol. The smallest absolute Gasteiger partial charge is 0.0987 e. The molecule has 1 aliphatic rings. The van der Waals surface area contributed by atoms with Crippen LogP contribution in [0.2, 0.25) is 0 Å². The zero-order valence-corrected chi connectivity index (χ0v) is 6.77. The molecule has 2 heteroatoms. The van der Waals surface area contributed by atoms with E-state index in [4.69, 9.17) is 11.6 Å². The van der Waals surface area contributed by atoms with Crippen LogP contribution in [0.15, 0.2) is 12.7 Å². The molecule has 0 aromatic carbocycles. The van der Waals surface area contributed by atoms with E-state index < -0.39 is 5.60 Å². The van der Waals surface area contributed by atoms with Gasteiger partial charge in [-0.05, 0) is 12.8 Å². The van der Waals surface area contributed by atoms with Crippen LogP contribution in [0.5, 0.6) is 0 Å². The normalized spacial score (nSPS) is 41.2. The van der Waals surface area contributed by atoms with Gasteiger partial charge in [-0.3, -0.25) is 0 Å². The highest BCUT2D eigenvalue weighted by molar-refractivity contribution is 6.21. The van der Waals surface area contributed by atoms with E-state index in [1.165, 1.54) is 0 Å². The summed E-state index contributed by atoms with van der Waals surface area (Å²) in [7, 11) is 0. The Morgan fingerprint density at radius 1 is 1.60 bits per heavy atom. The van der Waals surface area contributed by atoms with Gasteiger partial charge in [0.2, 0.25) is 0 Å². The molecule has 1 aliphatic carbocycles. The Morgan fingerprint density at radius 2 is 2.30 bits per heavy atom. The van der Waals surface area contributed by atoms with Crippen molar-refractivity contribution in [1.29, 1.82) is 0 Å². The second kappa shape index (κ2) is 2.93. The minimum Gasteiger partial charge on any atom is -0.384 e. The summed E-state index contributed by atoms with van der Waals surface area (Å²) < 4.78 is 0. The van der Waals surface area contributed by atoms with E-state index in [0.29, 0.717) is 0 Å². The van der Waals surface area contributed by atoms with E-state index in [0.717, 1.165) is 25.7 Å². The van der Waals surface area contributed by atoms with Gasteiger partial charge in [-0.1, -0.05) is 18.9 Å². The Kier molecular flexibility index (Phi) is 2.37. The van der Waals surface area contributed by atoms with Crippen molar-refractivity contribution in [2.24, 2.45) is 0 Å². The first-order chi connectivity index (χ1) is 4.69. The summed E-state index contributed by atoms with van der Waals surface area (Å²) in [6.45, 7) is 3.57. The van der Waals surface area contributed by atoms with Crippen LogP contribution in [0.1, 0.15) is 25.7 Å². The molecule has 0 aliphatic heterocycles. The average Bonchev–Trinajstić information content (AvgIpc) is 1.96. The van der Waals surface area contributed by atoms with E-state index >= 15 is 0 Å². The second-order valence-electron chi connectivity index (χ2n) is 2.91. The lowest BCUT2D eigenvalue weighted by Crippen LogP contribution is -2.39. The standard InChI is InChI=1S/C8H13ClO/c1-2-8(10)6-4-3-5-7(8)9/h2,7,10H,1,3-6H2. The quantitative estimate of drug-likeness (QED) is 0.460. The van der Waals surface area contributed by atoms with Crippen molar-refractivity contribution in [2.75, 3.05) is 0 Å². The molecule has 2 atom stereocenters. The molecule has 0 saturated heterocycles. The van der Waals surface area contributed by atoms with Gasteiger partial charge in [0.05, 0.1) is 11.0 Å². The van der Waals surface area contributed by atoms with E-state index in [1.807, 2.05) is 0 Å². The van der Waals surface area contributed by atoms with Crippen molar-refractivity contribution in [3.8, 4) is 0 Å². The van der Waals surface area contributed by atoms with Gasteiger partial charge >= 0.3 is 0 Å². The Bertz CT molecular complexity index is 135. The molecule has 0 bridgehead atoms. The predicted octanol–water partition coefficient (Wildman–Crippen LogP) is 2.08. The third-order valence-corrected chi connectivity index (χ3v) is 2.78. The summed E-state index contributed by atoms with van der Waals surface area (Å²) in [5.41, 5.74) is -0.792. The van der Waals surface area contributed by atoms with Crippen LogP contribution in [0.25, 0.3) is 0 Å². The van der Waals surface area contributed by atoms with Crippen molar-refractivity contribution in [1.82, 2.24) is 0 Å². The van der Waals surface area contributed by atoms with Crippen LogP contribution in [0.3, 0.4) is 0 Å². The van der Waals surface area contributed by atoms with E-state index in [1.54, 1.807) is 6.08 Å². The molecular weight excluding hydrogens is 148 g/mol. The highest BCUT2D eigenvalue weighted by Crippen LogP contribution is 2.32. The number of alkyl halides is 1. The Balaban J connectivity index is 2.62. The molecule has 1 saturated carbocycles. The van der Waals surface area contributed by atoms with Crippen LogP contribution >= 0.6 is 11.6 Å². The summed E-state index contributed by atoms with van der Waals surface area (Å²) in [5, 5.41) is 9.57. The van der Waals surface area contributed by atoms with Crippen LogP contribution < -0.4 is 0 Å². The van der Waals surface area contributed by atoms with Crippen molar-refractivity contribution in [3.63, 3.8) is 0 Å². The molecule has 0 spiro atoms. The van der Waals surface area contributed by atoms with Gasteiger partial charge in [0.1, 0.15) is 0 Å². The maximum Gasteiger partial charge on any atom is 0.0987 e. The van der Waals surface area contributed by atoms with E-state index in [-0.39, 0.29) is 5.38 Å². The maximum atomic E-state index is 9.70. The molecule has 0 radical (unpaired) electrons. The molecule has 1 rings (SSSR count). The summed E-state index contributed by atoms with van der Waals surface area (Å²) >= 11 is 5.90. The number of rotatable bonds is 1. The largest absolute Gasteiger partial charge is 0.384 e. The molecule has 10 heavy (non-hydrogen) atoms. The fourth-order valence-corrected chi connectivity index (χ4v) is 1.72. The van der Waals surface area contributed by atoms with Crippen molar-refractivity contribution < 1.29 is 5.11 Å². The van der Waals surface area contributed by atoms with Gasteiger partial charge in [0.25, 0.3) is 0 Å². The Labute approximate surface area is 66.7 Å². The SMILES string of the molecule is C=CC1(O)CCCCC1Cl. The second-order valence-corrected chi connectivity index (χ2v) is 3.44. The van der Waals surface area contributed by atoms with Crippen LogP contribution in [0.4, 0.5) is 0 Å². The lowest BCUT2D eigenvalue weighted by Gasteiger charge is -2.33. The van der Waals surface area contributed by atoms with Gasteiger partial charge < -0.3 is 5.11 Å². The first kappa shape index (κ1) is 8.09. The molecule has 2 unspecified atom stereocenters. The fraction of sp³-hybridized carbons (Fsp3) is 0.750. The summed E-state index contributed by atoms with van der Waals surface area (Å²) in [5.74, 6) is 0. The summed E-state index contributed by atoms with van der Waals surface area (Å²) in [6, 6.07) is 0. The van der Waals surface area contributed by atoms with Gasteiger partial charge in [-0.2, -0.15) is 0 Å². The third kappa shape index (κ3) is 1.35. The minimum atomic E-state index is -0.792. The predicted molar refractivity (Wildman–Crippen MR) is 43.3 cm³/mol. The fourth-order valence-electron chi connectivity index (χ4n) is 1.37. The number of aliphatic hydroxyl groups is 1. The monoisotopic (exact) mass is 160 g/mol. The molecule has 0 heterocycles. The third-order valence-electron chi connectivity index (χ3n) is 2.18. The highest BCUT2D eigenvalue weighted by atomic mass is 35.5. The summed E-state index contributed by atoms with van der Waals surface area (Å²) in [4.78, 5) is 0. The molecule has 0 amide bonds. The number of halogens is 1. The van der Waals surface area contributed by atoms with Gasteiger partial charge in [0, 0.05) is 0 Å². The van der Waals surface area contributed by atoms with E-state index in [2.05, 4.69) is 6.58 Å². The Morgan fingerprint density at radius 3 is 2.70 bits per heavy atom. The van der Waals surface area contributed by atoms with Gasteiger partial charge in [0.15, 0.2) is 0 Å². The summed E-state index contributed by atoms with van der Waals surface area (Å²) in [6.07, 6.45) is 5.44. The number of hydrogen-bond donors (Lipinski definition) is 1. The Hall–Kier alpha value is -0.0100. The van der Waals surface area contributed by atoms with Crippen molar-refractivity contribution in [3.05, 3.63) is 12.7 Å². The van der Waals surface area contributed by atoms with Crippen LogP contribution in [-0.4, -0.2) is 16.1 Å². The molecule has 58 valence electrons. The van der Waals surface area contributed by atoms with Crippen molar-refractivity contribution >= 4 is 11.6 Å². The molecule has 0 aromatic heterocycles. The molecule has 1 N–H and O–H groups in total. The van der Waals surface area contributed by atoms with Crippen LogP contribution in [-0.2, 0) is 0 Å². The molecule has 1 nitrogen and oxygen atoms in total. The van der Waals surface area contributed by atoms with Crippen molar-refractivity contribution in [2.45, 2.75) is 36.7 Å². The first-order valence-corrected chi connectivity index (χ1v) is 4.13. The maximum absolute atomic E-state index is 9.70. The zero-order chi connectivity index (χ0) is 7.61. The molecule has 0 aromatic rings. The van der Waals surface area contributed by atoms with Gasteiger partial charge in [-0.15, -0.1) is 18.2 Å². The lowest BCUT2D eigenvalue weighted by atomic mass is 9.85. The number of hydrogen-bond acceptors (Lipinski definition) is 1.